The van der Waals surface area contributed by atoms with Crippen molar-refractivity contribution in [2.45, 2.75) is 0 Å². The summed E-state index contributed by atoms with van der Waals surface area (Å²) in [5.41, 5.74) is 11.1. The third-order valence-corrected chi connectivity index (χ3v) is 3.70. The quantitative estimate of drug-likeness (QED) is 0.306. The normalized spacial score (nSPS) is 10.6. The van der Waals surface area contributed by atoms with Crippen LogP contribution in [0, 0.1) is 0 Å². The number of nitrogens with zero attached hydrogens (tertiary/aromatic N) is 3. The van der Waals surface area contributed by atoms with Gasteiger partial charge >= 0.3 is 0 Å². The minimum Gasteiger partial charge on any atom is -0.380 e. The smallest absolute Gasteiger partial charge is 0.250 e. The van der Waals surface area contributed by atoms with E-state index in [1.165, 1.54) is 24.5 Å². The summed E-state index contributed by atoms with van der Waals surface area (Å²) in [7, 11) is 0. The highest BCUT2D eigenvalue weighted by Crippen LogP contribution is 2.20. The van der Waals surface area contributed by atoms with E-state index < -0.39 is 5.91 Å². The van der Waals surface area contributed by atoms with Crippen molar-refractivity contribution >= 4 is 58.1 Å². The van der Waals surface area contributed by atoms with Gasteiger partial charge in [0.05, 0.1) is 15.6 Å². The fraction of sp³-hybridized carbons (Fsp3) is 0. The van der Waals surface area contributed by atoms with Crippen molar-refractivity contribution in [2.75, 3.05) is 0 Å². The molecule has 128 valence electrons. The highest BCUT2D eigenvalue weighted by atomic mass is 35.5. The first kappa shape index (κ1) is 20.2. The molecule has 2 aromatic rings. The molecule has 0 saturated carbocycles. The summed E-state index contributed by atoms with van der Waals surface area (Å²) in [6, 6.07) is 2.88. The fourth-order valence-electron chi connectivity index (χ4n) is 1.23. The molecule has 0 fully saturated rings. The molecule has 8 nitrogen and oxygen atoms in total. The summed E-state index contributed by atoms with van der Waals surface area (Å²) in [4.78, 5) is 21.9. The molecule has 0 unspecified atom stereocenters. The average Bonchev–Trinajstić information content (AvgIpc) is 2.53. The van der Waals surface area contributed by atoms with Crippen LogP contribution in [0.1, 0.15) is 15.9 Å². The van der Waals surface area contributed by atoms with E-state index in [1.54, 1.807) is 0 Å². The molecule has 0 radical (unpaired) electrons. The summed E-state index contributed by atoms with van der Waals surface area (Å²) in [5, 5.41) is 4.17. The van der Waals surface area contributed by atoms with Crippen LogP contribution in [0.5, 0.6) is 0 Å². The van der Waals surface area contributed by atoms with Crippen LogP contribution in [-0.2, 0) is 4.94 Å². The average molecular weight is 412 g/mol. The Kier molecular flexibility index (Phi) is 7.96. The standard InChI is InChI=1S/C6H6Cl2N4O.C6H4Cl2N2O/c7-4-1-3(2-11-5(4)8)6(9)12-13-10;7-4-1-3(6(9)11)2-10-5(4)8/h1-2H,10H2,(H2,9,12);1-2H,(H2,9,11). The SMILES string of the molecule is NC(=O)c1cnc(Cl)c(Cl)c1.NO/N=C(\N)c1cnc(Cl)c(Cl)c1. The topological polar surface area (TPSA) is 142 Å². The molecule has 0 aliphatic heterocycles. The molecular weight excluding hydrogens is 402 g/mol. The van der Waals surface area contributed by atoms with Crippen LogP contribution in [0.25, 0.3) is 0 Å². The van der Waals surface area contributed by atoms with Gasteiger partial charge in [0.15, 0.2) is 5.84 Å². The van der Waals surface area contributed by atoms with Gasteiger partial charge in [0.2, 0.25) is 5.91 Å². The number of carbonyl (C=O) groups is 1. The number of pyridine rings is 2. The first-order valence-electron chi connectivity index (χ1n) is 5.87. The van der Waals surface area contributed by atoms with E-state index in [0.717, 1.165) is 0 Å². The molecule has 0 atom stereocenters. The van der Waals surface area contributed by atoms with E-state index in [-0.39, 0.29) is 31.8 Å². The number of primary amides is 1. The van der Waals surface area contributed by atoms with Gasteiger partial charge in [-0.3, -0.25) is 4.79 Å². The molecule has 0 aromatic carbocycles. The lowest BCUT2D eigenvalue weighted by atomic mass is 10.3. The molecule has 1 amide bonds. The molecule has 0 bridgehead atoms. The van der Waals surface area contributed by atoms with E-state index in [9.17, 15) is 4.79 Å². The van der Waals surface area contributed by atoms with Crippen LogP contribution in [-0.4, -0.2) is 21.7 Å². The van der Waals surface area contributed by atoms with Gasteiger partial charge < -0.3 is 16.4 Å². The van der Waals surface area contributed by atoms with Crippen molar-refractivity contribution in [3.63, 3.8) is 0 Å². The van der Waals surface area contributed by atoms with Gasteiger partial charge in [0.1, 0.15) is 10.3 Å². The molecule has 12 heteroatoms. The predicted molar refractivity (Wildman–Crippen MR) is 93.0 cm³/mol. The Bertz CT molecular complexity index is 771. The van der Waals surface area contributed by atoms with Crippen LogP contribution in [0.2, 0.25) is 20.4 Å². The van der Waals surface area contributed by atoms with E-state index in [1.807, 2.05) is 0 Å². The van der Waals surface area contributed by atoms with Gasteiger partial charge in [0.25, 0.3) is 0 Å². The third kappa shape index (κ3) is 5.99. The maximum Gasteiger partial charge on any atom is 0.250 e. The minimum atomic E-state index is -0.573. The van der Waals surface area contributed by atoms with Gasteiger partial charge in [-0.2, -0.15) is 0 Å². The molecule has 2 rings (SSSR count). The van der Waals surface area contributed by atoms with Gasteiger partial charge in [-0.25, -0.2) is 9.97 Å². The van der Waals surface area contributed by atoms with Gasteiger partial charge in [-0.15, -0.1) is 5.90 Å². The summed E-state index contributed by atoms with van der Waals surface area (Å²) in [6.07, 6.45) is 2.68. The molecule has 6 N–H and O–H groups in total. The summed E-state index contributed by atoms with van der Waals surface area (Å²) < 4.78 is 0. The summed E-state index contributed by atoms with van der Waals surface area (Å²) in [5.74, 6) is 4.19. The Balaban J connectivity index is 0.000000243. The number of amidine groups is 1. The molecule has 0 aliphatic carbocycles. The van der Waals surface area contributed by atoms with Gasteiger partial charge in [-0.05, 0) is 17.3 Å². The predicted octanol–water partition coefficient (Wildman–Crippen LogP) is 2.39. The van der Waals surface area contributed by atoms with E-state index in [0.29, 0.717) is 5.56 Å². The lowest BCUT2D eigenvalue weighted by Crippen LogP contribution is -2.15. The number of amides is 1. The molecule has 0 aliphatic rings. The monoisotopic (exact) mass is 410 g/mol. The lowest BCUT2D eigenvalue weighted by Gasteiger charge is -1.99. The van der Waals surface area contributed by atoms with Gasteiger partial charge in [0, 0.05) is 18.0 Å². The molecule has 2 aromatic heterocycles. The van der Waals surface area contributed by atoms with Crippen LogP contribution >= 0.6 is 46.4 Å². The first-order valence-corrected chi connectivity index (χ1v) is 7.39. The number of rotatable bonds is 3. The second-order valence-electron chi connectivity index (χ2n) is 3.94. The van der Waals surface area contributed by atoms with Crippen molar-refractivity contribution in [3.05, 3.63) is 56.0 Å². The minimum absolute atomic E-state index is 0.0774. The van der Waals surface area contributed by atoms with Crippen molar-refractivity contribution in [3.8, 4) is 0 Å². The Hall–Kier alpha value is -1.84. The highest BCUT2D eigenvalue weighted by molar-refractivity contribution is 6.41. The number of aromatic nitrogens is 2. The van der Waals surface area contributed by atoms with Crippen LogP contribution in [0.4, 0.5) is 0 Å². The molecule has 24 heavy (non-hydrogen) atoms. The lowest BCUT2D eigenvalue weighted by molar-refractivity contribution is 0.1000. The van der Waals surface area contributed by atoms with E-state index in [4.69, 9.17) is 57.9 Å². The van der Waals surface area contributed by atoms with Crippen LogP contribution < -0.4 is 17.4 Å². The van der Waals surface area contributed by atoms with Crippen LogP contribution in [0.15, 0.2) is 29.7 Å². The Morgan fingerprint density at radius 1 is 0.958 bits per heavy atom. The Morgan fingerprint density at radius 3 is 1.83 bits per heavy atom. The summed E-state index contributed by atoms with van der Waals surface area (Å²) in [6.45, 7) is 0. The number of oxime groups is 1. The Morgan fingerprint density at radius 2 is 1.42 bits per heavy atom. The Labute approximate surface area is 156 Å². The van der Waals surface area contributed by atoms with E-state index >= 15 is 0 Å². The molecular formula is C12H10Cl4N6O2. The zero-order valence-electron chi connectivity index (χ0n) is 11.7. The third-order valence-electron chi connectivity index (χ3n) is 2.32. The van der Waals surface area contributed by atoms with Crippen molar-refractivity contribution < 1.29 is 9.73 Å². The maximum absolute atomic E-state index is 10.5. The van der Waals surface area contributed by atoms with E-state index in [2.05, 4.69) is 26.0 Å². The molecule has 0 saturated heterocycles. The zero-order chi connectivity index (χ0) is 18.3. The van der Waals surface area contributed by atoms with Gasteiger partial charge in [-0.1, -0.05) is 46.4 Å². The second kappa shape index (κ2) is 9.45. The maximum atomic E-state index is 10.5. The van der Waals surface area contributed by atoms with Crippen molar-refractivity contribution in [2.24, 2.45) is 22.5 Å². The second-order valence-corrected chi connectivity index (χ2v) is 5.47. The highest BCUT2D eigenvalue weighted by Gasteiger charge is 2.05. The first-order chi connectivity index (χ1) is 11.3. The molecule has 2 heterocycles. The van der Waals surface area contributed by atoms with Crippen LogP contribution in [0.3, 0.4) is 0 Å². The van der Waals surface area contributed by atoms with Crippen molar-refractivity contribution in [1.29, 1.82) is 0 Å². The number of carbonyl (C=O) groups excluding carboxylic acids is 1. The number of hydrogen-bond acceptors (Lipinski definition) is 6. The zero-order valence-corrected chi connectivity index (χ0v) is 14.7. The largest absolute Gasteiger partial charge is 0.380 e. The fourth-order valence-corrected chi connectivity index (χ4v) is 1.77. The van der Waals surface area contributed by atoms with Crippen molar-refractivity contribution in [1.82, 2.24) is 9.97 Å². The molecule has 0 spiro atoms. The summed E-state index contributed by atoms with van der Waals surface area (Å²) >= 11 is 22.3. The number of nitrogens with two attached hydrogens (primary N) is 3. The number of halogens is 4. The number of hydrogen-bond donors (Lipinski definition) is 3.